The number of fused-ring (bicyclic) bond motifs is 1. The van der Waals surface area contributed by atoms with Crippen molar-refractivity contribution < 1.29 is 0 Å². The fourth-order valence-electron chi connectivity index (χ4n) is 4.23. The van der Waals surface area contributed by atoms with Gasteiger partial charge in [-0.2, -0.15) is 0 Å². The van der Waals surface area contributed by atoms with Crippen LogP contribution in [0.2, 0.25) is 0 Å². The van der Waals surface area contributed by atoms with Crippen LogP contribution in [0.4, 0.5) is 0 Å². The van der Waals surface area contributed by atoms with E-state index in [1.54, 1.807) is 0 Å². The summed E-state index contributed by atoms with van der Waals surface area (Å²) in [5.74, 6) is 3.03. The van der Waals surface area contributed by atoms with Gasteiger partial charge in [0.2, 0.25) is 0 Å². The Morgan fingerprint density at radius 1 is 1.17 bits per heavy atom. The molecule has 1 heteroatoms. The lowest BCUT2D eigenvalue weighted by Crippen LogP contribution is -2.41. The van der Waals surface area contributed by atoms with Gasteiger partial charge in [-0.3, -0.25) is 0 Å². The van der Waals surface area contributed by atoms with Gasteiger partial charge in [0.1, 0.15) is 0 Å². The second kappa shape index (κ2) is 7.33. The molecule has 0 saturated heterocycles. The van der Waals surface area contributed by atoms with Gasteiger partial charge in [0.05, 0.1) is 0 Å². The van der Waals surface area contributed by atoms with Crippen molar-refractivity contribution in [2.75, 3.05) is 6.54 Å². The fraction of sp³-hybridized carbons (Fsp3) is 0.882. The molecule has 18 heavy (non-hydrogen) atoms. The molecule has 2 saturated carbocycles. The second-order valence-corrected chi connectivity index (χ2v) is 6.46. The van der Waals surface area contributed by atoms with E-state index >= 15 is 0 Å². The van der Waals surface area contributed by atoms with Gasteiger partial charge in [-0.25, -0.2) is 0 Å². The highest BCUT2D eigenvalue weighted by Gasteiger charge is 2.34. The minimum Gasteiger partial charge on any atom is -0.313 e. The molecule has 104 valence electrons. The van der Waals surface area contributed by atoms with E-state index in [1.807, 2.05) is 0 Å². The monoisotopic (exact) mass is 249 g/mol. The first kappa shape index (κ1) is 14.1. The van der Waals surface area contributed by atoms with Crippen molar-refractivity contribution in [2.24, 2.45) is 17.8 Å². The quantitative estimate of drug-likeness (QED) is 0.682. The zero-order valence-electron chi connectivity index (χ0n) is 12.2. The standard InChI is InChI=1S/C17H31N/c1-3-7-17(18-12-4-2)16-11-10-14-8-5-6-9-15(14)13-16/h3,14-18H,1,4-13H2,2H3. The van der Waals surface area contributed by atoms with E-state index in [0.29, 0.717) is 6.04 Å². The Bertz CT molecular complexity index is 248. The highest BCUT2D eigenvalue weighted by atomic mass is 14.9. The van der Waals surface area contributed by atoms with Crippen LogP contribution in [0.25, 0.3) is 0 Å². The molecule has 2 aliphatic rings. The maximum atomic E-state index is 3.94. The SMILES string of the molecule is C=CCC(NCCC)C1CCC2CCCCC2C1. The minimum absolute atomic E-state index is 0.699. The highest BCUT2D eigenvalue weighted by molar-refractivity contribution is 4.90. The molecular weight excluding hydrogens is 218 g/mol. The minimum atomic E-state index is 0.699. The number of nitrogens with one attached hydrogen (secondary N) is 1. The lowest BCUT2D eigenvalue weighted by molar-refractivity contribution is 0.110. The molecule has 0 aromatic heterocycles. The Hall–Kier alpha value is -0.300. The average molecular weight is 249 g/mol. The van der Waals surface area contributed by atoms with E-state index in [-0.39, 0.29) is 0 Å². The summed E-state index contributed by atoms with van der Waals surface area (Å²) in [6, 6.07) is 0.699. The second-order valence-electron chi connectivity index (χ2n) is 6.46. The Labute approximate surface area is 113 Å². The summed E-state index contributed by atoms with van der Waals surface area (Å²) in [4.78, 5) is 0. The lowest BCUT2D eigenvalue weighted by atomic mass is 9.66. The molecule has 0 amide bonds. The summed E-state index contributed by atoms with van der Waals surface area (Å²) in [7, 11) is 0. The molecule has 0 bridgehead atoms. The van der Waals surface area contributed by atoms with E-state index in [1.165, 1.54) is 57.9 Å². The van der Waals surface area contributed by atoms with E-state index in [0.717, 1.165) is 24.2 Å². The summed E-state index contributed by atoms with van der Waals surface area (Å²) >= 11 is 0. The first-order chi connectivity index (χ1) is 8.85. The summed E-state index contributed by atoms with van der Waals surface area (Å²) in [5, 5.41) is 3.76. The Morgan fingerprint density at radius 3 is 2.67 bits per heavy atom. The number of hydrogen-bond acceptors (Lipinski definition) is 1. The molecule has 1 nitrogen and oxygen atoms in total. The Kier molecular flexibility index (Phi) is 5.75. The summed E-state index contributed by atoms with van der Waals surface area (Å²) in [5.41, 5.74) is 0. The van der Waals surface area contributed by atoms with E-state index in [4.69, 9.17) is 0 Å². The molecule has 4 unspecified atom stereocenters. The topological polar surface area (TPSA) is 12.0 Å². The van der Waals surface area contributed by atoms with Crippen molar-refractivity contribution in [1.82, 2.24) is 5.32 Å². The Balaban J connectivity index is 1.88. The van der Waals surface area contributed by atoms with Crippen molar-refractivity contribution in [1.29, 1.82) is 0 Å². The predicted octanol–water partition coefficient (Wildman–Crippen LogP) is 4.54. The van der Waals surface area contributed by atoms with Crippen molar-refractivity contribution >= 4 is 0 Å². The molecule has 2 fully saturated rings. The zero-order valence-corrected chi connectivity index (χ0v) is 12.2. The summed E-state index contributed by atoms with van der Waals surface area (Å²) < 4.78 is 0. The maximum absolute atomic E-state index is 3.94. The number of hydrogen-bond donors (Lipinski definition) is 1. The third-order valence-corrected chi connectivity index (χ3v) is 5.23. The van der Waals surface area contributed by atoms with Gasteiger partial charge in [0.25, 0.3) is 0 Å². The molecule has 0 spiro atoms. The maximum Gasteiger partial charge on any atom is 0.0130 e. The number of rotatable bonds is 6. The van der Waals surface area contributed by atoms with Gasteiger partial charge in [-0.15, -0.1) is 6.58 Å². The van der Waals surface area contributed by atoms with Crippen LogP contribution in [-0.2, 0) is 0 Å². The third kappa shape index (κ3) is 3.60. The smallest absolute Gasteiger partial charge is 0.0130 e. The van der Waals surface area contributed by atoms with Crippen LogP contribution in [0.3, 0.4) is 0 Å². The van der Waals surface area contributed by atoms with Crippen molar-refractivity contribution in [3.8, 4) is 0 Å². The van der Waals surface area contributed by atoms with Gasteiger partial charge < -0.3 is 5.32 Å². The largest absolute Gasteiger partial charge is 0.313 e. The molecule has 2 aliphatic carbocycles. The molecule has 0 heterocycles. The van der Waals surface area contributed by atoms with Gasteiger partial charge in [-0.1, -0.05) is 38.7 Å². The van der Waals surface area contributed by atoms with Crippen LogP contribution in [-0.4, -0.2) is 12.6 Å². The molecule has 0 aromatic carbocycles. The molecule has 0 aliphatic heterocycles. The van der Waals surface area contributed by atoms with Crippen LogP contribution < -0.4 is 5.32 Å². The van der Waals surface area contributed by atoms with E-state index in [9.17, 15) is 0 Å². The normalized spacial score (nSPS) is 33.7. The average Bonchev–Trinajstić information content (AvgIpc) is 2.43. The Morgan fingerprint density at radius 2 is 1.94 bits per heavy atom. The van der Waals surface area contributed by atoms with Crippen LogP contribution in [0.5, 0.6) is 0 Å². The van der Waals surface area contributed by atoms with Gasteiger partial charge in [0, 0.05) is 6.04 Å². The molecular formula is C17H31N. The van der Waals surface area contributed by atoms with Crippen LogP contribution in [0.1, 0.15) is 64.7 Å². The zero-order chi connectivity index (χ0) is 12.8. The van der Waals surface area contributed by atoms with Gasteiger partial charge in [0.15, 0.2) is 0 Å². The molecule has 2 rings (SSSR count). The van der Waals surface area contributed by atoms with Crippen molar-refractivity contribution in [2.45, 2.75) is 70.8 Å². The van der Waals surface area contributed by atoms with Crippen LogP contribution in [0.15, 0.2) is 12.7 Å². The van der Waals surface area contributed by atoms with E-state index < -0.39 is 0 Å². The first-order valence-corrected chi connectivity index (χ1v) is 8.19. The van der Waals surface area contributed by atoms with E-state index in [2.05, 4.69) is 24.9 Å². The lowest BCUT2D eigenvalue weighted by Gasteiger charge is -2.42. The van der Waals surface area contributed by atoms with Gasteiger partial charge >= 0.3 is 0 Å². The predicted molar refractivity (Wildman–Crippen MR) is 79.7 cm³/mol. The molecule has 0 radical (unpaired) electrons. The van der Waals surface area contributed by atoms with Crippen molar-refractivity contribution in [3.63, 3.8) is 0 Å². The molecule has 1 N–H and O–H groups in total. The van der Waals surface area contributed by atoms with Crippen LogP contribution in [0, 0.1) is 17.8 Å². The van der Waals surface area contributed by atoms with Crippen LogP contribution >= 0.6 is 0 Å². The molecule has 4 atom stereocenters. The summed E-state index contributed by atoms with van der Waals surface area (Å²) in [6.45, 7) is 7.37. The van der Waals surface area contributed by atoms with Crippen molar-refractivity contribution in [3.05, 3.63) is 12.7 Å². The molecule has 0 aromatic rings. The third-order valence-electron chi connectivity index (χ3n) is 5.23. The summed E-state index contributed by atoms with van der Waals surface area (Å²) in [6.07, 6.45) is 15.0. The first-order valence-electron chi connectivity index (χ1n) is 8.19. The highest BCUT2D eigenvalue weighted by Crippen LogP contribution is 2.43. The fourth-order valence-corrected chi connectivity index (χ4v) is 4.23. The van der Waals surface area contributed by atoms with Gasteiger partial charge in [-0.05, 0) is 56.4 Å².